The fraction of sp³-hybridized carbons (Fsp3) is 0.938. The Kier molecular flexibility index (Phi) is 8.39. The van der Waals surface area contributed by atoms with E-state index in [0.717, 1.165) is 25.7 Å². The average molecular weight is 333 g/mol. The van der Waals surface area contributed by atoms with Crippen molar-refractivity contribution in [3.05, 3.63) is 0 Å². The van der Waals surface area contributed by atoms with E-state index in [-0.39, 0.29) is 17.6 Å². The van der Waals surface area contributed by atoms with Gasteiger partial charge in [-0.1, -0.05) is 52.4 Å². The standard InChI is InChI=1S/C16H32N2O3S/c1-13(2)11-15(17)16(19)18-22(20,21)12-14-9-7-5-3-4-6-8-10-14/h13-15H,3-12,17H2,1-2H3,(H,18,19)/t15-/m0/s1. The van der Waals surface area contributed by atoms with Gasteiger partial charge < -0.3 is 5.73 Å². The Bertz CT molecular complexity index is 425. The van der Waals surface area contributed by atoms with Crippen molar-refractivity contribution in [2.45, 2.75) is 77.7 Å². The maximum atomic E-state index is 12.2. The van der Waals surface area contributed by atoms with Crippen molar-refractivity contribution in [1.29, 1.82) is 0 Å². The summed E-state index contributed by atoms with van der Waals surface area (Å²) in [5, 5.41) is 0. The normalized spacial score (nSPS) is 20.0. The summed E-state index contributed by atoms with van der Waals surface area (Å²) in [5.74, 6) is -0.105. The molecule has 0 bridgehead atoms. The van der Waals surface area contributed by atoms with Crippen LogP contribution in [0.2, 0.25) is 0 Å². The topological polar surface area (TPSA) is 89.3 Å². The van der Waals surface area contributed by atoms with Crippen LogP contribution >= 0.6 is 0 Å². The van der Waals surface area contributed by atoms with Crippen LogP contribution in [0.15, 0.2) is 0 Å². The van der Waals surface area contributed by atoms with E-state index in [1.807, 2.05) is 13.8 Å². The Balaban J connectivity index is 2.52. The van der Waals surface area contributed by atoms with Crippen LogP contribution in [0, 0.1) is 11.8 Å². The third-order valence-electron chi connectivity index (χ3n) is 4.25. The second-order valence-electron chi connectivity index (χ2n) is 7.05. The van der Waals surface area contributed by atoms with E-state index in [9.17, 15) is 13.2 Å². The molecule has 0 radical (unpaired) electrons. The number of nitrogens with two attached hydrogens (primary N) is 1. The molecule has 22 heavy (non-hydrogen) atoms. The van der Waals surface area contributed by atoms with Crippen LogP contribution in [0.3, 0.4) is 0 Å². The summed E-state index contributed by atoms with van der Waals surface area (Å²) in [6.45, 7) is 3.91. The fourth-order valence-corrected chi connectivity index (χ4v) is 4.58. The molecule has 130 valence electrons. The smallest absolute Gasteiger partial charge is 0.250 e. The predicted octanol–water partition coefficient (Wildman–Crippen LogP) is 2.56. The van der Waals surface area contributed by atoms with Gasteiger partial charge in [0.1, 0.15) is 0 Å². The lowest BCUT2D eigenvalue weighted by atomic mass is 9.99. The first-order valence-electron chi connectivity index (χ1n) is 8.60. The van der Waals surface area contributed by atoms with E-state index in [0.29, 0.717) is 6.42 Å². The Morgan fingerprint density at radius 2 is 1.59 bits per heavy atom. The van der Waals surface area contributed by atoms with Gasteiger partial charge in [0.05, 0.1) is 11.8 Å². The summed E-state index contributed by atoms with van der Waals surface area (Å²) in [7, 11) is -3.58. The van der Waals surface area contributed by atoms with Crippen molar-refractivity contribution in [3.8, 4) is 0 Å². The maximum absolute atomic E-state index is 12.2. The molecule has 1 rings (SSSR count). The van der Waals surface area contributed by atoms with Crippen molar-refractivity contribution in [1.82, 2.24) is 4.72 Å². The Hall–Kier alpha value is -0.620. The first-order chi connectivity index (χ1) is 10.3. The van der Waals surface area contributed by atoms with E-state index in [1.54, 1.807) is 0 Å². The molecular formula is C16H32N2O3S. The number of nitrogens with one attached hydrogen (secondary N) is 1. The molecule has 1 aliphatic carbocycles. The molecule has 0 unspecified atom stereocenters. The van der Waals surface area contributed by atoms with Crippen molar-refractivity contribution in [2.24, 2.45) is 17.6 Å². The van der Waals surface area contributed by atoms with Crippen LogP contribution in [0.5, 0.6) is 0 Å². The minimum atomic E-state index is -3.58. The highest BCUT2D eigenvalue weighted by Crippen LogP contribution is 2.22. The largest absolute Gasteiger partial charge is 0.320 e. The van der Waals surface area contributed by atoms with E-state index in [4.69, 9.17) is 5.73 Å². The average Bonchev–Trinajstić information content (AvgIpc) is 2.51. The second-order valence-corrected chi connectivity index (χ2v) is 8.82. The highest BCUT2D eigenvalue weighted by Gasteiger charge is 2.24. The van der Waals surface area contributed by atoms with Gasteiger partial charge >= 0.3 is 0 Å². The van der Waals surface area contributed by atoms with Crippen LogP contribution in [0.4, 0.5) is 0 Å². The number of hydrogen-bond donors (Lipinski definition) is 2. The zero-order chi connectivity index (χ0) is 16.6. The molecule has 1 fully saturated rings. The molecule has 0 aromatic heterocycles. The minimum absolute atomic E-state index is 0.0487. The number of carbonyl (C=O) groups is 1. The van der Waals surface area contributed by atoms with Crippen molar-refractivity contribution >= 4 is 15.9 Å². The zero-order valence-electron chi connectivity index (χ0n) is 14.0. The van der Waals surface area contributed by atoms with Gasteiger partial charge in [0.2, 0.25) is 15.9 Å². The number of rotatable bonds is 6. The second kappa shape index (κ2) is 9.50. The van der Waals surface area contributed by atoms with Crippen molar-refractivity contribution < 1.29 is 13.2 Å². The molecule has 0 saturated heterocycles. The van der Waals surface area contributed by atoms with Crippen molar-refractivity contribution in [3.63, 3.8) is 0 Å². The summed E-state index contributed by atoms with van der Waals surface area (Å²) >= 11 is 0. The Morgan fingerprint density at radius 1 is 1.09 bits per heavy atom. The number of amides is 1. The number of hydrogen-bond acceptors (Lipinski definition) is 4. The molecule has 0 heterocycles. The molecule has 1 saturated carbocycles. The Labute approximate surface area is 135 Å². The van der Waals surface area contributed by atoms with Crippen molar-refractivity contribution in [2.75, 3.05) is 5.75 Å². The van der Waals surface area contributed by atoms with Gasteiger partial charge in [0, 0.05) is 0 Å². The molecular weight excluding hydrogens is 300 g/mol. The highest BCUT2D eigenvalue weighted by molar-refractivity contribution is 7.90. The van der Waals surface area contributed by atoms with Gasteiger partial charge in [-0.2, -0.15) is 0 Å². The monoisotopic (exact) mass is 332 g/mol. The number of sulfonamides is 1. The van der Waals surface area contributed by atoms with Gasteiger partial charge in [-0.05, 0) is 31.1 Å². The lowest BCUT2D eigenvalue weighted by Crippen LogP contribution is -2.45. The molecule has 1 amide bonds. The fourth-order valence-electron chi connectivity index (χ4n) is 3.08. The van der Waals surface area contributed by atoms with E-state index in [2.05, 4.69) is 4.72 Å². The first kappa shape index (κ1) is 19.4. The first-order valence-corrected chi connectivity index (χ1v) is 10.3. The van der Waals surface area contributed by atoms with Gasteiger partial charge in [-0.15, -0.1) is 0 Å². The summed E-state index contributed by atoms with van der Waals surface area (Å²) in [6.07, 6.45) is 9.40. The van der Waals surface area contributed by atoms with Gasteiger partial charge in [-0.25, -0.2) is 8.42 Å². The third-order valence-corrected chi connectivity index (χ3v) is 5.67. The molecule has 5 nitrogen and oxygen atoms in total. The quantitative estimate of drug-likeness (QED) is 0.782. The summed E-state index contributed by atoms with van der Waals surface area (Å²) < 4.78 is 26.6. The van der Waals surface area contributed by atoms with Gasteiger partial charge in [0.15, 0.2) is 0 Å². The lowest BCUT2D eigenvalue weighted by molar-refractivity contribution is -0.120. The van der Waals surface area contributed by atoms with E-state index in [1.165, 1.54) is 25.7 Å². The number of carbonyl (C=O) groups excluding carboxylic acids is 1. The van der Waals surface area contributed by atoms with Crippen LogP contribution in [0.1, 0.15) is 71.6 Å². The molecule has 0 aromatic carbocycles. The third kappa shape index (κ3) is 8.13. The molecule has 1 aliphatic rings. The van der Waals surface area contributed by atoms with Crippen LogP contribution < -0.4 is 10.5 Å². The molecule has 3 N–H and O–H groups in total. The van der Waals surface area contributed by atoms with Gasteiger partial charge in [0.25, 0.3) is 0 Å². The molecule has 6 heteroatoms. The van der Waals surface area contributed by atoms with Gasteiger partial charge in [-0.3, -0.25) is 9.52 Å². The summed E-state index contributed by atoms with van der Waals surface area (Å²) in [5.41, 5.74) is 5.75. The summed E-state index contributed by atoms with van der Waals surface area (Å²) in [4.78, 5) is 11.9. The summed E-state index contributed by atoms with van der Waals surface area (Å²) in [6, 6.07) is -0.754. The van der Waals surface area contributed by atoms with Crippen LogP contribution in [-0.4, -0.2) is 26.1 Å². The SMILES string of the molecule is CC(C)C[C@H](N)C(=O)NS(=O)(=O)CC1CCCCCCCC1. The molecule has 0 aliphatic heterocycles. The lowest BCUT2D eigenvalue weighted by Gasteiger charge is -2.18. The van der Waals surface area contributed by atoms with E-state index >= 15 is 0 Å². The zero-order valence-corrected chi connectivity index (χ0v) is 14.8. The maximum Gasteiger partial charge on any atom is 0.250 e. The molecule has 0 aromatic rings. The van der Waals surface area contributed by atoms with E-state index < -0.39 is 22.0 Å². The van der Waals surface area contributed by atoms with Crippen LogP contribution in [-0.2, 0) is 14.8 Å². The highest BCUT2D eigenvalue weighted by atomic mass is 32.2. The molecule has 0 spiro atoms. The Morgan fingerprint density at radius 3 is 2.09 bits per heavy atom. The molecule has 1 atom stereocenters. The van der Waals surface area contributed by atoms with Crippen LogP contribution in [0.25, 0.3) is 0 Å². The minimum Gasteiger partial charge on any atom is -0.320 e. The predicted molar refractivity (Wildman–Crippen MR) is 89.8 cm³/mol.